The summed E-state index contributed by atoms with van der Waals surface area (Å²) in [5.74, 6) is -7.50. The van der Waals surface area contributed by atoms with Crippen LogP contribution >= 0.6 is 9.24 Å². The first-order chi connectivity index (χ1) is 13.9. The Hall–Kier alpha value is -2.79. The predicted octanol–water partition coefficient (Wildman–Crippen LogP) is 4.08. The molecule has 1 N–H and O–H groups in total. The Bertz CT molecular complexity index is 1000. The second-order valence-electron chi connectivity index (χ2n) is 6.37. The minimum Gasteiger partial charge on any atom is -0.267 e. The van der Waals surface area contributed by atoms with Gasteiger partial charge in [0.1, 0.15) is 0 Å². The average molecular weight is 420 g/mol. The molecule has 0 radical (unpaired) electrons. The number of carbonyl (C=O) groups is 1. The van der Waals surface area contributed by atoms with E-state index in [2.05, 4.69) is 10.5 Å². The fraction of sp³-hybridized carbons (Fsp3) is 0.143. The lowest BCUT2D eigenvalue weighted by atomic mass is 9.92. The van der Waals surface area contributed by atoms with Gasteiger partial charge < -0.3 is 0 Å². The second-order valence-corrected chi connectivity index (χ2v) is 6.95. The van der Waals surface area contributed by atoms with E-state index in [9.17, 15) is 22.4 Å². The van der Waals surface area contributed by atoms with Gasteiger partial charge in [-0.05, 0) is 30.4 Å². The van der Waals surface area contributed by atoms with Crippen molar-refractivity contribution in [1.82, 2.24) is 5.43 Å². The first-order valence-electron chi connectivity index (χ1n) is 8.78. The Morgan fingerprint density at radius 2 is 1.66 bits per heavy atom. The van der Waals surface area contributed by atoms with Gasteiger partial charge in [0.25, 0.3) is 5.91 Å². The van der Waals surface area contributed by atoms with Crippen LogP contribution in [0.15, 0.2) is 58.7 Å². The van der Waals surface area contributed by atoms with Gasteiger partial charge in [0.15, 0.2) is 23.3 Å². The molecule has 0 aliphatic heterocycles. The Morgan fingerprint density at radius 1 is 1.00 bits per heavy atom. The van der Waals surface area contributed by atoms with Crippen molar-refractivity contribution in [3.05, 3.63) is 88.0 Å². The summed E-state index contributed by atoms with van der Waals surface area (Å²) in [7, 11) is 1.79. The first kappa shape index (κ1) is 20.9. The molecule has 3 rings (SSSR count). The highest BCUT2D eigenvalue weighted by molar-refractivity contribution is 7.27. The maximum Gasteiger partial charge on any atom is 0.271 e. The largest absolute Gasteiger partial charge is 0.271 e. The molecule has 2 aromatic rings. The molecule has 0 aromatic heterocycles. The summed E-state index contributed by atoms with van der Waals surface area (Å²) in [6, 6.07) is 9.61. The van der Waals surface area contributed by atoms with Crippen LogP contribution in [0.4, 0.5) is 17.6 Å². The van der Waals surface area contributed by atoms with Crippen molar-refractivity contribution >= 4 is 26.7 Å². The Morgan fingerprint density at radius 3 is 2.38 bits per heavy atom. The molecule has 0 saturated carbocycles. The number of hydrogen-bond acceptors (Lipinski definition) is 2. The standard InChI is InChI=1S/C21H17F4N2OP/c22-16-15(20(29)19(25)18(24)17(16)23)11-26-27-21(28)14-9-5-4-8-13(14)10-12-6-2-1-3-7-12/h1-3,6-9,11H,4-5,10,29H2,(H,27,28)/b26-11+. The van der Waals surface area contributed by atoms with E-state index in [4.69, 9.17) is 0 Å². The normalized spacial score (nSPS) is 14.0. The highest BCUT2D eigenvalue weighted by atomic mass is 31.0. The quantitative estimate of drug-likeness (QED) is 0.194. The van der Waals surface area contributed by atoms with Crippen LogP contribution in [0.3, 0.4) is 0 Å². The van der Waals surface area contributed by atoms with Crippen molar-refractivity contribution in [2.45, 2.75) is 19.3 Å². The van der Waals surface area contributed by atoms with E-state index in [0.717, 1.165) is 23.8 Å². The maximum atomic E-state index is 13.9. The predicted molar refractivity (Wildman–Crippen MR) is 107 cm³/mol. The molecule has 3 nitrogen and oxygen atoms in total. The molecule has 0 bridgehead atoms. The van der Waals surface area contributed by atoms with Gasteiger partial charge in [-0.2, -0.15) is 5.10 Å². The zero-order chi connectivity index (χ0) is 21.0. The number of nitrogens with zero attached hydrogens (tertiary/aromatic N) is 1. The van der Waals surface area contributed by atoms with Gasteiger partial charge in [-0.15, -0.1) is 9.24 Å². The van der Waals surface area contributed by atoms with Crippen molar-refractivity contribution in [1.29, 1.82) is 0 Å². The Balaban J connectivity index is 1.75. The smallest absolute Gasteiger partial charge is 0.267 e. The minimum atomic E-state index is -1.94. The van der Waals surface area contributed by atoms with Crippen molar-refractivity contribution in [3.8, 4) is 0 Å². The molecule has 8 heteroatoms. The molecule has 1 amide bonds. The fourth-order valence-corrected chi connectivity index (χ4v) is 3.28. The number of hydrogen-bond donors (Lipinski definition) is 1. The summed E-state index contributed by atoms with van der Waals surface area (Å²) in [5, 5.41) is 3.06. The third kappa shape index (κ3) is 4.62. The first-order valence-corrected chi connectivity index (χ1v) is 9.36. The number of hydrazone groups is 1. The second kappa shape index (κ2) is 9.14. The van der Waals surface area contributed by atoms with Crippen LogP contribution in [0, 0.1) is 23.3 Å². The average Bonchev–Trinajstić information content (AvgIpc) is 2.74. The van der Waals surface area contributed by atoms with E-state index in [0.29, 0.717) is 18.4 Å². The van der Waals surface area contributed by atoms with Crippen LogP contribution in [-0.2, 0) is 11.2 Å². The number of carbonyl (C=O) groups excluding carboxylic acids is 1. The van der Waals surface area contributed by atoms with E-state index in [1.807, 2.05) is 36.4 Å². The molecule has 2 aromatic carbocycles. The summed E-state index contributed by atoms with van der Waals surface area (Å²) < 4.78 is 54.1. The zero-order valence-electron chi connectivity index (χ0n) is 15.2. The lowest BCUT2D eigenvalue weighted by Gasteiger charge is -2.15. The third-order valence-electron chi connectivity index (χ3n) is 4.43. The molecular weight excluding hydrogens is 403 g/mol. The van der Waals surface area contributed by atoms with Crippen LogP contribution in [0.25, 0.3) is 0 Å². The van der Waals surface area contributed by atoms with Gasteiger partial charge in [0, 0.05) is 16.4 Å². The number of benzene rings is 2. The molecule has 1 aliphatic carbocycles. The van der Waals surface area contributed by atoms with Crippen LogP contribution < -0.4 is 10.7 Å². The fourth-order valence-electron chi connectivity index (χ4n) is 2.96. The van der Waals surface area contributed by atoms with Gasteiger partial charge in [-0.1, -0.05) is 42.5 Å². The molecule has 29 heavy (non-hydrogen) atoms. The molecule has 1 aliphatic rings. The summed E-state index contributed by atoms with van der Waals surface area (Å²) in [4.78, 5) is 12.5. The highest BCUT2D eigenvalue weighted by Crippen LogP contribution is 2.23. The minimum absolute atomic E-state index is 0.431. The van der Waals surface area contributed by atoms with Crippen molar-refractivity contribution in [2.75, 3.05) is 0 Å². The Labute approximate surface area is 167 Å². The SMILES string of the molecule is O=C(N/N=C/c1c(F)c(F)c(F)c(F)c1P)C1=CCCC=C1Cc1ccccc1. The van der Waals surface area contributed by atoms with Gasteiger partial charge in [-0.3, -0.25) is 4.79 Å². The number of rotatable bonds is 5. The van der Waals surface area contributed by atoms with E-state index in [-0.39, 0.29) is 0 Å². The van der Waals surface area contributed by atoms with E-state index < -0.39 is 40.0 Å². The van der Waals surface area contributed by atoms with E-state index in [1.165, 1.54) is 0 Å². The van der Waals surface area contributed by atoms with Gasteiger partial charge in [0.2, 0.25) is 0 Å². The lowest BCUT2D eigenvalue weighted by Crippen LogP contribution is -2.23. The topological polar surface area (TPSA) is 41.5 Å². The maximum absolute atomic E-state index is 13.9. The van der Waals surface area contributed by atoms with Crippen molar-refractivity contribution < 1.29 is 22.4 Å². The van der Waals surface area contributed by atoms with Crippen LogP contribution in [0.5, 0.6) is 0 Å². The van der Waals surface area contributed by atoms with Gasteiger partial charge >= 0.3 is 0 Å². The van der Waals surface area contributed by atoms with Gasteiger partial charge in [0.05, 0.1) is 6.21 Å². The molecule has 0 heterocycles. The molecule has 1 unspecified atom stereocenters. The van der Waals surface area contributed by atoms with Crippen LogP contribution in [0.1, 0.15) is 24.0 Å². The molecule has 0 spiro atoms. The molecule has 150 valence electrons. The van der Waals surface area contributed by atoms with Crippen LogP contribution in [-0.4, -0.2) is 12.1 Å². The summed E-state index contributed by atoms with van der Waals surface area (Å²) in [6.07, 6.45) is 6.54. The summed E-state index contributed by atoms with van der Waals surface area (Å²) in [5.41, 5.74) is 3.92. The summed E-state index contributed by atoms with van der Waals surface area (Å²) >= 11 is 0. The zero-order valence-corrected chi connectivity index (χ0v) is 16.3. The number of amides is 1. The van der Waals surface area contributed by atoms with Crippen molar-refractivity contribution in [2.24, 2.45) is 5.10 Å². The number of allylic oxidation sites excluding steroid dienone is 2. The van der Waals surface area contributed by atoms with Gasteiger partial charge in [-0.25, -0.2) is 23.0 Å². The number of halogens is 4. The molecule has 0 saturated heterocycles. The highest BCUT2D eigenvalue weighted by Gasteiger charge is 2.22. The van der Waals surface area contributed by atoms with E-state index >= 15 is 0 Å². The molecule has 0 fully saturated rings. The van der Waals surface area contributed by atoms with Crippen molar-refractivity contribution in [3.63, 3.8) is 0 Å². The Kier molecular flexibility index (Phi) is 6.60. The molecular formula is C21H17F4N2OP. The molecule has 1 atom stereocenters. The van der Waals surface area contributed by atoms with E-state index in [1.54, 1.807) is 15.3 Å². The summed E-state index contributed by atoms with van der Waals surface area (Å²) in [6.45, 7) is 0. The number of nitrogens with one attached hydrogen (secondary N) is 1. The van der Waals surface area contributed by atoms with Crippen LogP contribution in [0.2, 0.25) is 0 Å². The lowest BCUT2D eigenvalue weighted by molar-refractivity contribution is -0.117. The third-order valence-corrected chi connectivity index (χ3v) is 5.00. The monoisotopic (exact) mass is 420 g/mol.